The Morgan fingerprint density at radius 1 is 1.25 bits per heavy atom. The lowest BCUT2D eigenvalue weighted by Gasteiger charge is -2.23. The van der Waals surface area contributed by atoms with Crippen LogP contribution in [0.15, 0.2) is 24.3 Å². The minimum Gasteiger partial charge on any atom is -0.394 e. The number of nitrogens with one attached hydrogen (secondary N) is 1. The zero-order chi connectivity index (χ0) is 14.8. The quantitative estimate of drug-likeness (QED) is 0.686. The summed E-state index contributed by atoms with van der Waals surface area (Å²) in [5, 5.41) is 13.1. The summed E-state index contributed by atoms with van der Waals surface area (Å²) in [6, 6.07) is 8.08. The van der Waals surface area contributed by atoms with Gasteiger partial charge in [-0.1, -0.05) is 38.1 Å². The predicted octanol–water partition coefficient (Wildman–Crippen LogP) is 1.80. The predicted molar refractivity (Wildman–Crippen MR) is 82.8 cm³/mol. The molecule has 0 aromatic heterocycles. The zero-order valence-corrected chi connectivity index (χ0v) is 12.9. The molecule has 0 radical (unpaired) electrons. The van der Waals surface area contributed by atoms with Crippen LogP contribution in [0.2, 0.25) is 0 Å². The standard InChI is InChI=1S/C16H28N2O2/c1-4-18(5-2)11-10-17-16(12-19)15-9-7-6-8-14(15)13-20-3/h6-9,16-17,19H,4-5,10-13H2,1-3H3. The van der Waals surface area contributed by atoms with E-state index >= 15 is 0 Å². The molecular formula is C16H28N2O2. The fourth-order valence-electron chi connectivity index (χ4n) is 2.37. The van der Waals surface area contributed by atoms with Gasteiger partial charge >= 0.3 is 0 Å². The first kappa shape index (κ1) is 17.1. The number of hydrogen-bond acceptors (Lipinski definition) is 4. The fourth-order valence-corrected chi connectivity index (χ4v) is 2.37. The molecule has 1 aromatic rings. The van der Waals surface area contributed by atoms with E-state index in [0.717, 1.165) is 37.3 Å². The molecule has 1 aromatic carbocycles. The van der Waals surface area contributed by atoms with Gasteiger partial charge in [0.05, 0.1) is 19.3 Å². The molecular weight excluding hydrogens is 252 g/mol. The van der Waals surface area contributed by atoms with E-state index in [2.05, 4.69) is 30.1 Å². The zero-order valence-electron chi connectivity index (χ0n) is 12.9. The second-order valence-electron chi connectivity index (χ2n) is 4.85. The van der Waals surface area contributed by atoms with Crippen LogP contribution >= 0.6 is 0 Å². The molecule has 0 amide bonds. The SMILES string of the molecule is CCN(CC)CCNC(CO)c1ccccc1COC. The first-order valence-electron chi connectivity index (χ1n) is 7.40. The summed E-state index contributed by atoms with van der Waals surface area (Å²) in [5.74, 6) is 0. The van der Waals surface area contributed by atoms with E-state index in [4.69, 9.17) is 4.74 Å². The van der Waals surface area contributed by atoms with Crippen molar-refractivity contribution >= 4 is 0 Å². The molecule has 1 unspecified atom stereocenters. The fraction of sp³-hybridized carbons (Fsp3) is 0.625. The van der Waals surface area contributed by atoms with Crippen molar-refractivity contribution in [3.8, 4) is 0 Å². The Kier molecular flexibility index (Phi) is 8.46. The van der Waals surface area contributed by atoms with Crippen molar-refractivity contribution < 1.29 is 9.84 Å². The van der Waals surface area contributed by atoms with Crippen molar-refractivity contribution in [1.82, 2.24) is 10.2 Å². The van der Waals surface area contributed by atoms with Gasteiger partial charge in [-0.15, -0.1) is 0 Å². The summed E-state index contributed by atoms with van der Waals surface area (Å²) < 4.78 is 5.22. The number of hydrogen-bond donors (Lipinski definition) is 2. The lowest BCUT2D eigenvalue weighted by atomic mass is 10.0. The molecule has 4 nitrogen and oxygen atoms in total. The lowest BCUT2D eigenvalue weighted by Crippen LogP contribution is -2.35. The van der Waals surface area contributed by atoms with Gasteiger partial charge in [0.15, 0.2) is 0 Å². The highest BCUT2D eigenvalue weighted by atomic mass is 16.5. The first-order valence-corrected chi connectivity index (χ1v) is 7.40. The molecule has 0 fully saturated rings. The van der Waals surface area contributed by atoms with Crippen molar-refractivity contribution in [2.75, 3.05) is 39.9 Å². The Morgan fingerprint density at radius 3 is 2.55 bits per heavy atom. The molecule has 0 saturated heterocycles. The minimum absolute atomic E-state index is 0.0306. The first-order chi connectivity index (χ1) is 9.76. The van der Waals surface area contributed by atoms with Gasteiger partial charge in [0, 0.05) is 20.2 Å². The number of ether oxygens (including phenoxy) is 1. The molecule has 114 valence electrons. The maximum Gasteiger partial charge on any atom is 0.0716 e. The third kappa shape index (κ3) is 5.21. The molecule has 1 rings (SSSR count). The largest absolute Gasteiger partial charge is 0.394 e. The summed E-state index contributed by atoms with van der Waals surface area (Å²) in [6.45, 7) is 8.99. The van der Waals surface area contributed by atoms with E-state index in [1.54, 1.807) is 7.11 Å². The van der Waals surface area contributed by atoms with E-state index in [1.165, 1.54) is 0 Å². The van der Waals surface area contributed by atoms with Gasteiger partial charge in [-0.3, -0.25) is 0 Å². The van der Waals surface area contributed by atoms with Gasteiger partial charge in [-0.05, 0) is 24.2 Å². The van der Waals surface area contributed by atoms with Crippen molar-refractivity contribution in [3.05, 3.63) is 35.4 Å². The lowest BCUT2D eigenvalue weighted by molar-refractivity contribution is 0.181. The van der Waals surface area contributed by atoms with Gasteiger partial charge in [-0.25, -0.2) is 0 Å². The van der Waals surface area contributed by atoms with Crippen LogP contribution in [0.1, 0.15) is 31.0 Å². The summed E-state index contributed by atoms with van der Waals surface area (Å²) in [5.41, 5.74) is 2.25. The van der Waals surface area contributed by atoms with Gasteiger partial charge in [-0.2, -0.15) is 0 Å². The topological polar surface area (TPSA) is 44.7 Å². The second-order valence-corrected chi connectivity index (χ2v) is 4.85. The maximum atomic E-state index is 9.63. The normalized spacial score (nSPS) is 12.8. The summed E-state index contributed by atoms with van der Waals surface area (Å²) in [4.78, 5) is 2.36. The Bertz CT molecular complexity index is 367. The number of methoxy groups -OCH3 is 1. The van der Waals surface area contributed by atoms with Crippen LogP contribution in [0.5, 0.6) is 0 Å². The van der Waals surface area contributed by atoms with Crippen molar-refractivity contribution in [2.24, 2.45) is 0 Å². The number of likely N-dealkylation sites (N-methyl/N-ethyl adjacent to an activating group) is 1. The summed E-state index contributed by atoms with van der Waals surface area (Å²) >= 11 is 0. The smallest absolute Gasteiger partial charge is 0.0716 e. The molecule has 0 aliphatic carbocycles. The van der Waals surface area contributed by atoms with Crippen molar-refractivity contribution in [3.63, 3.8) is 0 Å². The molecule has 0 saturated carbocycles. The molecule has 0 spiro atoms. The average Bonchev–Trinajstić information content (AvgIpc) is 2.49. The molecule has 1 atom stereocenters. The van der Waals surface area contributed by atoms with Crippen LogP contribution in [-0.2, 0) is 11.3 Å². The van der Waals surface area contributed by atoms with E-state index in [-0.39, 0.29) is 12.6 Å². The molecule has 2 N–H and O–H groups in total. The van der Waals surface area contributed by atoms with E-state index in [1.807, 2.05) is 18.2 Å². The van der Waals surface area contributed by atoms with Crippen LogP contribution in [0, 0.1) is 0 Å². The second kappa shape index (κ2) is 9.88. The summed E-state index contributed by atoms with van der Waals surface area (Å²) in [6.07, 6.45) is 0. The summed E-state index contributed by atoms with van der Waals surface area (Å²) in [7, 11) is 1.69. The van der Waals surface area contributed by atoms with Gasteiger partial charge in [0.25, 0.3) is 0 Å². The van der Waals surface area contributed by atoms with E-state index < -0.39 is 0 Å². The Hall–Kier alpha value is -0.940. The number of benzene rings is 1. The average molecular weight is 280 g/mol. The van der Waals surface area contributed by atoms with Gasteiger partial charge < -0.3 is 20.1 Å². The van der Waals surface area contributed by atoms with Crippen molar-refractivity contribution in [1.29, 1.82) is 0 Å². The number of nitrogens with zero attached hydrogens (tertiary/aromatic N) is 1. The van der Waals surface area contributed by atoms with Gasteiger partial charge in [0.2, 0.25) is 0 Å². The van der Waals surface area contributed by atoms with Crippen LogP contribution in [0.4, 0.5) is 0 Å². The highest BCUT2D eigenvalue weighted by Gasteiger charge is 2.13. The molecule has 0 heterocycles. The highest BCUT2D eigenvalue weighted by molar-refractivity contribution is 5.29. The molecule has 0 bridgehead atoms. The maximum absolute atomic E-state index is 9.63. The molecule has 20 heavy (non-hydrogen) atoms. The monoisotopic (exact) mass is 280 g/mol. The van der Waals surface area contributed by atoms with Crippen molar-refractivity contribution in [2.45, 2.75) is 26.5 Å². The van der Waals surface area contributed by atoms with E-state index in [9.17, 15) is 5.11 Å². The number of aliphatic hydroxyl groups is 1. The molecule has 0 aliphatic heterocycles. The third-order valence-corrected chi connectivity index (χ3v) is 3.63. The van der Waals surface area contributed by atoms with E-state index in [0.29, 0.717) is 6.61 Å². The van der Waals surface area contributed by atoms with Crippen LogP contribution in [-0.4, -0.2) is 49.9 Å². The number of aliphatic hydroxyl groups excluding tert-OH is 1. The number of rotatable bonds is 10. The third-order valence-electron chi connectivity index (χ3n) is 3.63. The van der Waals surface area contributed by atoms with Gasteiger partial charge in [0.1, 0.15) is 0 Å². The Morgan fingerprint density at radius 2 is 1.95 bits per heavy atom. The van der Waals surface area contributed by atoms with Crippen LogP contribution in [0.3, 0.4) is 0 Å². The van der Waals surface area contributed by atoms with Crippen LogP contribution in [0.25, 0.3) is 0 Å². The Labute approximate surface area is 122 Å². The minimum atomic E-state index is -0.0306. The highest BCUT2D eigenvalue weighted by Crippen LogP contribution is 2.18. The van der Waals surface area contributed by atoms with Crippen LogP contribution < -0.4 is 5.32 Å². The molecule has 4 heteroatoms. The molecule has 0 aliphatic rings. The Balaban J connectivity index is 2.61.